The summed E-state index contributed by atoms with van der Waals surface area (Å²) in [4.78, 5) is 29.6. The zero-order valence-corrected chi connectivity index (χ0v) is 16.0. The molecular weight excluding hydrogens is 360 g/mol. The normalized spacial score (nSPS) is 39.6. The molecule has 2 saturated heterocycles. The lowest BCUT2D eigenvalue weighted by Gasteiger charge is -2.57. The number of hydrogen-bond acceptors (Lipinski definition) is 7. The van der Waals surface area contributed by atoms with Gasteiger partial charge in [-0.25, -0.2) is 0 Å². The maximum atomic E-state index is 13.0. The number of benzene rings is 1. The Bertz CT molecular complexity index is 829. The molecule has 2 N–H and O–H groups in total. The van der Waals surface area contributed by atoms with Crippen LogP contribution in [0, 0.1) is 17.8 Å². The molecule has 150 valence electrons. The lowest BCUT2D eigenvalue weighted by Crippen LogP contribution is -2.69. The molecule has 0 radical (unpaired) electrons. The van der Waals surface area contributed by atoms with E-state index in [1.807, 2.05) is 23.1 Å². The van der Waals surface area contributed by atoms with Gasteiger partial charge in [0.25, 0.3) is 0 Å². The highest BCUT2D eigenvalue weighted by Gasteiger charge is 2.59. The molecule has 1 saturated carbocycles. The van der Waals surface area contributed by atoms with Crippen molar-refractivity contribution in [1.82, 2.24) is 4.90 Å². The Morgan fingerprint density at radius 3 is 2.86 bits per heavy atom. The molecule has 1 aromatic rings. The Morgan fingerprint density at radius 1 is 1.29 bits per heavy atom. The van der Waals surface area contributed by atoms with Crippen LogP contribution < -0.4 is 4.90 Å². The summed E-state index contributed by atoms with van der Waals surface area (Å²) in [5, 5.41) is 21.8. The van der Waals surface area contributed by atoms with Gasteiger partial charge in [0.05, 0.1) is 31.0 Å². The lowest BCUT2D eigenvalue weighted by molar-refractivity contribution is -0.161. The van der Waals surface area contributed by atoms with Gasteiger partial charge >= 0.3 is 5.97 Å². The van der Waals surface area contributed by atoms with Gasteiger partial charge in [0.1, 0.15) is 0 Å². The van der Waals surface area contributed by atoms with Crippen molar-refractivity contribution in [2.24, 2.45) is 17.8 Å². The molecule has 4 aliphatic rings. The number of Topliss-reactive ketones (excluding diaryl/α,β-unsaturated/α-hetero) is 1. The second kappa shape index (κ2) is 6.27. The van der Waals surface area contributed by atoms with Crippen molar-refractivity contribution in [2.75, 3.05) is 25.1 Å². The van der Waals surface area contributed by atoms with Crippen LogP contribution in [0.25, 0.3) is 0 Å². The minimum Gasteiger partial charge on any atom is -0.469 e. The minimum absolute atomic E-state index is 0.0253. The van der Waals surface area contributed by atoms with Crippen LogP contribution in [0.3, 0.4) is 0 Å². The molecule has 0 spiro atoms. The number of aliphatic hydroxyl groups is 2. The van der Waals surface area contributed by atoms with Crippen LogP contribution in [-0.2, 0) is 9.53 Å². The summed E-state index contributed by atoms with van der Waals surface area (Å²) < 4.78 is 5.00. The van der Waals surface area contributed by atoms with E-state index >= 15 is 0 Å². The zero-order chi connectivity index (χ0) is 19.6. The summed E-state index contributed by atoms with van der Waals surface area (Å²) >= 11 is 0. The summed E-state index contributed by atoms with van der Waals surface area (Å²) in [6.45, 7) is 1.45. The fourth-order valence-corrected chi connectivity index (χ4v) is 6.06. The highest BCUT2D eigenvalue weighted by atomic mass is 16.5. The first-order valence-corrected chi connectivity index (χ1v) is 10.1. The van der Waals surface area contributed by atoms with E-state index in [-0.39, 0.29) is 23.8 Å². The van der Waals surface area contributed by atoms with Crippen LogP contribution in [0.5, 0.6) is 0 Å². The Morgan fingerprint density at radius 2 is 2.07 bits per heavy atom. The summed E-state index contributed by atoms with van der Waals surface area (Å²) in [7, 11) is 1.36. The molecule has 7 nitrogen and oxygen atoms in total. The monoisotopic (exact) mass is 386 g/mol. The van der Waals surface area contributed by atoms with Gasteiger partial charge in [-0.1, -0.05) is 12.1 Å². The number of carbonyl (C=O) groups excluding carboxylic acids is 2. The van der Waals surface area contributed by atoms with Gasteiger partial charge in [0.15, 0.2) is 0 Å². The average Bonchev–Trinajstić information content (AvgIpc) is 2.94. The highest BCUT2D eigenvalue weighted by molar-refractivity contribution is 6.13. The van der Waals surface area contributed by atoms with E-state index in [9.17, 15) is 19.8 Å². The van der Waals surface area contributed by atoms with Crippen molar-refractivity contribution in [3.05, 3.63) is 29.8 Å². The first kappa shape index (κ1) is 18.1. The number of methoxy groups -OCH3 is 1. The molecule has 0 unspecified atom stereocenters. The van der Waals surface area contributed by atoms with Crippen molar-refractivity contribution in [3.8, 4) is 0 Å². The third kappa shape index (κ3) is 2.33. The van der Waals surface area contributed by atoms with Crippen molar-refractivity contribution < 1.29 is 24.5 Å². The SMILES string of the molecule is COC(=O)[C@@H]1[C@H]2C[C@@H]3N(CC[C@@]4(O)C(=O)c5ccccc5N34)C[C@@H]2CC[C@H]1O. The average molecular weight is 386 g/mol. The van der Waals surface area contributed by atoms with Crippen molar-refractivity contribution >= 4 is 17.4 Å². The molecule has 3 aliphatic heterocycles. The molecule has 0 amide bonds. The maximum Gasteiger partial charge on any atom is 0.311 e. The van der Waals surface area contributed by atoms with Crippen LogP contribution in [0.4, 0.5) is 5.69 Å². The molecule has 1 aromatic carbocycles. The molecule has 0 aromatic heterocycles. The van der Waals surface area contributed by atoms with Gasteiger partial charge in [-0.3, -0.25) is 14.5 Å². The predicted molar refractivity (Wildman–Crippen MR) is 101 cm³/mol. The standard InChI is InChI=1S/C21H26N2O5/c1-28-20(26)18-14-10-17-22(11-12(14)6-7-16(18)24)9-8-21(27)19(25)13-4-2-3-5-15(13)23(17)21/h2-5,12,14,16-18,24,27H,6-11H2,1H3/t12-,14-,16+,17+,18+,21+/m0/s1. The second-order valence-corrected chi connectivity index (χ2v) is 8.61. The van der Waals surface area contributed by atoms with Crippen molar-refractivity contribution in [2.45, 2.75) is 43.7 Å². The third-order valence-electron chi connectivity index (χ3n) is 7.38. The largest absolute Gasteiger partial charge is 0.469 e. The number of hydrogen-bond donors (Lipinski definition) is 2. The van der Waals surface area contributed by atoms with Gasteiger partial charge < -0.3 is 19.8 Å². The fourth-order valence-electron chi connectivity index (χ4n) is 6.06. The molecule has 3 heterocycles. The number of ether oxygens (including phenoxy) is 1. The molecule has 7 heteroatoms. The smallest absolute Gasteiger partial charge is 0.311 e. The Kier molecular flexibility index (Phi) is 4.05. The predicted octanol–water partition coefficient (Wildman–Crippen LogP) is 0.990. The van der Waals surface area contributed by atoms with Gasteiger partial charge in [0, 0.05) is 25.1 Å². The summed E-state index contributed by atoms with van der Waals surface area (Å²) in [6.07, 6.45) is 1.60. The molecule has 1 aliphatic carbocycles. The van der Waals surface area contributed by atoms with Crippen LogP contribution in [0.15, 0.2) is 24.3 Å². The molecule has 3 fully saturated rings. The molecule has 5 rings (SSSR count). The van der Waals surface area contributed by atoms with Gasteiger partial charge in [0.2, 0.25) is 11.5 Å². The number of carbonyl (C=O) groups is 2. The second-order valence-electron chi connectivity index (χ2n) is 8.61. The Labute approximate surface area is 163 Å². The molecule has 28 heavy (non-hydrogen) atoms. The summed E-state index contributed by atoms with van der Waals surface area (Å²) in [6, 6.07) is 7.35. The Hall–Kier alpha value is -1.96. The van der Waals surface area contributed by atoms with E-state index in [1.54, 1.807) is 6.07 Å². The highest BCUT2D eigenvalue weighted by Crippen LogP contribution is 2.50. The number of piperidine rings is 1. The van der Waals surface area contributed by atoms with Gasteiger partial charge in [-0.15, -0.1) is 0 Å². The van der Waals surface area contributed by atoms with E-state index in [2.05, 4.69) is 4.90 Å². The molecule has 0 bridgehead atoms. The van der Waals surface area contributed by atoms with E-state index in [0.717, 1.165) is 18.7 Å². The maximum absolute atomic E-state index is 13.0. The number of nitrogens with zero attached hydrogens (tertiary/aromatic N) is 2. The quantitative estimate of drug-likeness (QED) is 0.696. The Balaban J connectivity index is 1.53. The van der Waals surface area contributed by atoms with E-state index < -0.39 is 17.7 Å². The molecule has 6 atom stereocenters. The van der Waals surface area contributed by atoms with Gasteiger partial charge in [-0.05, 0) is 43.2 Å². The third-order valence-corrected chi connectivity index (χ3v) is 7.38. The lowest BCUT2D eigenvalue weighted by atomic mass is 9.66. The first-order chi connectivity index (χ1) is 13.5. The number of anilines is 1. The van der Waals surface area contributed by atoms with Crippen molar-refractivity contribution in [1.29, 1.82) is 0 Å². The van der Waals surface area contributed by atoms with Gasteiger partial charge in [-0.2, -0.15) is 0 Å². The summed E-state index contributed by atoms with van der Waals surface area (Å²) in [5.41, 5.74) is -0.206. The fraction of sp³-hybridized carbons (Fsp3) is 0.619. The van der Waals surface area contributed by atoms with E-state index in [1.165, 1.54) is 7.11 Å². The number of rotatable bonds is 1. The van der Waals surface area contributed by atoms with E-state index in [4.69, 9.17) is 4.74 Å². The number of esters is 1. The van der Waals surface area contributed by atoms with Crippen LogP contribution >= 0.6 is 0 Å². The number of aliphatic hydroxyl groups excluding tert-OH is 1. The molecular formula is C21H26N2O5. The summed E-state index contributed by atoms with van der Waals surface area (Å²) in [5.74, 6) is -0.863. The van der Waals surface area contributed by atoms with Crippen LogP contribution in [0.2, 0.25) is 0 Å². The topological polar surface area (TPSA) is 90.3 Å². The first-order valence-electron chi connectivity index (χ1n) is 10.1. The number of para-hydroxylation sites is 1. The zero-order valence-electron chi connectivity index (χ0n) is 16.0. The number of fused-ring (bicyclic) bond motifs is 6. The van der Waals surface area contributed by atoms with E-state index in [0.29, 0.717) is 37.3 Å². The minimum atomic E-state index is -1.52. The van der Waals surface area contributed by atoms with Crippen molar-refractivity contribution in [3.63, 3.8) is 0 Å². The van der Waals surface area contributed by atoms with Crippen LogP contribution in [0.1, 0.15) is 36.0 Å². The number of ketones is 1. The van der Waals surface area contributed by atoms with Crippen LogP contribution in [-0.4, -0.2) is 65.1 Å².